The lowest BCUT2D eigenvalue weighted by Crippen LogP contribution is -2.49. The van der Waals surface area contributed by atoms with Crippen molar-refractivity contribution in [2.75, 3.05) is 18.8 Å². The first-order chi connectivity index (χ1) is 13.5. The number of rotatable bonds is 9. The fourth-order valence-corrected chi connectivity index (χ4v) is 3.19. The number of thioether (sulfide) groups is 1. The molecule has 0 aliphatic heterocycles. The Morgan fingerprint density at radius 1 is 1.17 bits per heavy atom. The average molecular weight is 443 g/mol. The Morgan fingerprint density at radius 3 is 2.34 bits per heavy atom. The highest BCUT2D eigenvalue weighted by Crippen LogP contribution is 2.12. The third kappa shape index (κ3) is 11.1. The van der Waals surface area contributed by atoms with Gasteiger partial charge in [0.25, 0.3) is 0 Å². The molecule has 1 atom stereocenters. The van der Waals surface area contributed by atoms with Gasteiger partial charge < -0.3 is 15.0 Å². The molecule has 29 heavy (non-hydrogen) atoms. The van der Waals surface area contributed by atoms with Gasteiger partial charge in [-0.1, -0.05) is 35.5 Å². The van der Waals surface area contributed by atoms with Crippen molar-refractivity contribution in [3.8, 4) is 0 Å². The third-order valence-electron chi connectivity index (χ3n) is 3.86. The van der Waals surface area contributed by atoms with Crippen molar-refractivity contribution in [1.82, 2.24) is 10.2 Å². The summed E-state index contributed by atoms with van der Waals surface area (Å²) in [5, 5.41) is 3.39. The number of urea groups is 1. The molecule has 0 saturated heterocycles. The predicted octanol–water partition coefficient (Wildman–Crippen LogP) is 4.29. The summed E-state index contributed by atoms with van der Waals surface area (Å²) in [6.07, 6.45) is 1.54. The summed E-state index contributed by atoms with van der Waals surface area (Å²) in [4.78, 5) is 37.6. The summed E-state index contributed by atoms with van der Waals surface area (Å²) >= 11 is 7.08. The van der Waals surface area contributed by atoms with E-state index in [-0.39, 0.29) is 11.1 Å². The van der Waals surface area contributed by atoms with Crippen LogP contribution >= 0.6 is 23.4 Å². The highest BCUT2D eigenvalue weighted by molar-refractivity contribution is 8.13. The van der Waals surface area contributed by atoms with Crippen molar-refractivity contribution in [3.05, 3.63) is 34.9 Å². The maximum Gasteiger partial charge on any atom is 0.328 e. The molecule has 6 nitrogen and oxygen atoms in total. The second-order valence-electron chi connectivity index (χ2n) is 7.76. The van der Waals surface area contributed by atoms with E-state index in [0.717, 1.165) is 18.4 Å². The first-order valence-corrected chi connectivity index (χ1v) is 11.0. The number of carbonyl (C=O) groups is 3. The summed E-state index contributed by atoms with van der Waals surface area (Å²) in [5.41, 5.74) is 0.516. The molecule has 0 saturated carbocycles. The van der Waals surface area contributed by atoms with Crippen LogP contribution in [0, 0.1) is 0 Å². The van der Waals surface area contributed by atoms with Gasteiger partial charge in [-0.2, -0.15) is 0 Å². The molecule has 1 aromatic carbocycles. The Balaban J connectivity index is 2.63. The topological polar surface area (TPSA) is 75.7 Å². The van der Waals surface area contributed by atoms with Gasteiger partial charge in [0, 0.05) is 30.8 Å². The van der Waals surface area contributed by atoms with Crippen molar-refractivity contribution in [2.24, 2.45) is 0 Å². The van der Waals surface area contributed by atoms with Crippen molar-refractivity contribution < 1.29 is 19.1 Å². The van der Waals surface area contributed by atoms with E-state index in [2.05, 4.69) is 5.32 Å². The van der Waals surface area contributed by atoms with Gasteiger partial charge in [-0.15, -0.1) is 0 Å². The van der Waals surface area contributed by atoms with Gasteiger partial charge in [-0.05, 0) is 58.2 Å². The second kappa shape index (κ2) is 12.1. The fourth-order valence-electron chi connectivity index (χ4n) is 2.47. The summed E-state index contributed by atoms with van der Waals surface area (Å²) in [6.45, 7) is 9.36. The molecule has 1 aromatic rings. The smallest absolute Gasteiger partial charge is 0.328 e. The molecule has 162 valence electrons. The number of nitrogens with zero attached hydrogens (tertiary/aromatic N) is 1. The SMILES string of the molecule is CC(=O)SCCN(CCCc1ccc(Cl)cc1)C(=O)NC(C)C(=O)OC(C)(C)C. The summed E-state index contributed by atoms with van der Waals surface area (Å²) in [5.74, 6) is 0.0231. The van der Waals surface area contributed by atoms with Gasteiger partial charge in [-0.3, -0.25) is 4.79 Å². The molecular formula is C21H31ClN2O4S. The number of halogens is 1. The van der Waals surface area contributed by atoms with E-state index in [1.54, 1.807) is 32.6 Å². The van der Waals surface area contributed by atoms with Crippen LogP contribution < -0.4 is 5.32 Å². The van der Waals surface area contributed by atoms with Crippen LogP contribution in [-0.4, -0.2) is 52.5 Å². The number of hydrogen-bond acceptors (Lipinski definition) is 5. The number of amides is 2. The van der Waals surface area contributed by atoms with Gasteiger partial charge in [0.2, 0.25) is 0 Å². The van der Waals surface area contributed by atoms with Gasteiger partial charge in [0.1, 0.15) is 11.6 Å². The molecule has 1 unspecified atom stereocenters. The molecule has 1 rings (SSSR count). The second-order valence-corrected chi connectivity index (χ2v) is 9.47. The Labute approximate surface area is 182 Å². The minimum absolute atomic E-state index is 0.00801. The molecule has 0 aliphatic carbocycles. The average Bonchev–Trinajstić information content (AvgIpc) is 2.60. The minimum Gasteiger partial charge on any atom is -0.458 e. The van der Waals surface area contributed by atoms with E-state index >= 15 is 0 Å². The highest BCUT2D eigenvalue weighted by atomic mass is 35.5. The molecule has 0 aliphatic rings. The largest absolute Gasteiger partial charge is 0.458 e. The van der Waals surface area contributed by atoms with Crippen molar-refractivity contribution in [1.29, 1.82) is 0 Å². The van der Waals surface area contributed by atoms with Crippen LogP contribution in [0.5, 0.6) is 0 Å². The molecule has 0 aromatic heterocycles. The number of nitrogens with one attached hydrogen (secondary N) is 1. The first kappa shape index (κ1) is 25.3. The molecule has 0 radical (unpaired) electrons. The van der Waals surface area contributed by atoms with Crippen molar-refractivity contribution in [2.45, 2.75) is 59.1 Å². The van der Waals surface area contributed by atoms with Crippen LogP contribution in [0.3, 0.4) is 0 Å². The molecule has 0 heterocycles. The van der Waals surface area contributed by atoms with Crippen LogP contribution in [0.2, 0.25) is 5.02 Å². The van der Waals surface area contributed by atoms with E-state index < -0.39 is 17.6 Å². The van der Waals surface area contributed by atoms with E-state index in [0.29, 0.717) is 23.9 Å². The minimum atomic E-state index is -0.763. The van der Waals surface area contributed by atoms with E-state index in [4.69, 9.17) is 16.3 Å². The number of ether oxygens (including phenoxy) is 1. The van der Waals surface area contributed by atoms with Crippen molar-refractivity contribution in [3.63, 3.8) is 0 Å². The van der Waals surface area contributed by atoms with E-state index in [9.17, 15) is 14.4 Å². The zero-order valence-corrected chi connectivity index (χ0v) is 19.4. The van der Waals surface area contributed by atoms with Crippen LogP contribution in [-0.2, 0) is 20.7 Å². The lowest BCUT2D eigenvalue weighted by Gasteiger charge is -2.26. The maximum absolute atomic E-state index is 12.7. The van der Waals surface area contributed by atoms with Crippen molar-refractivity contribution >= 4 is 40.5 Å². The zero-order valence-electron chi connectivity index (χ0n) is 17.8. The molecule has 0 fully saturated rings. The standard InChI is InChI=1S/C21H31ClN2O4S/c1-15(19(26)28-21(3,4)5)23-20(27)24(13-14-29-16(2)25)12-6-7-17-8-10-18(22)11-9-17/h8-11,15H,6-7,12-14H2,1-5H3,(H,23,27). The highest BCUT2D eigenvalue weighted by Gasteiger charge is 2.24. The molecule has 8 heteroatoms. The summed E-state index contributed by atoms with van der Waals surface area (Å²) in [6, 6.07) is 6.50. The normalized spacial score (nSPS) is 12.2. The van der Waals surface area contributed by atoms with Crippen LogP contribution in [0.15, 0.2) is 24.3 Å². The van der Waals surface area contributed by atoms with E-state index in [1.165, 1.54) is 18.7 Å². The lowest BCUT2D eigenvalue weighted by atomic mass is 10.1. The summed E-state index contributed by atoms with van der Waals surface area (Å²) < 4.78 is 5.31. The Kier molecular flexibility index (Phi) is 10.5. The van der Waals surface area contributed by atoms with E-state index in [1.807, 2.05) is 24.3 Å². The number of hydrogen-bond donors (Lipinski definition) is 1. The Hall–Kier alpha value is -1.73. The Morgan fingerprint density at radius 2 is 1.79 bits per heavy atom. The monoisotopic (exact) mass is 442 g/mol. The molecule has 0 bridgehead atoms. The quantitative estimate of drug-likeness (QED) is 0.577. The number of aryl methyl sites for hydroxylation is 1. The van der Waals surface area contributed by atoms with Crippen LogP contribution in [0.25, 0.3) is 0 Å². The van der Waals surface area contributed by atoms with Gasteiger partial charge in [0.15, 0.2) is 5.12 Å². The predicted molar refractivity (Wildman–Crippen MR) is 118 cm³/mol. The van der Waals surface area contributed by atoms with Crippen LogP contribution in [0.1, 0.15) is 46.6 Å². The van der Waals surface area contributed by atoms with Crippen LogP contribution in [0.4, 0.5) is 4.79 Å². The molecule has 2 amide bonds. The third-order valence-corrected chi connectivity index (χ3v) is 4.91. The van der Waals surface area contributed by atoms with Gasteiger partial charge >= 0.3 is 12.0 Å². The lowest BCUT2D eigenvalue weighted by molar-refractivity contribution is -0.156. The number of esters is 1. The van der Waals surface area contributed by atoms with Gasteiger partial charge in [0.05, 0.1) is 0 Å². The zero-order chi connectivity index (χ0) is 22.0. The molecule has 0 spiro atoms. The summed E-state index contributed by atoms with van der Waals surface area (Å²) in [7, 11) is 0. The first-order valence-electron chi connectivity index (χ1n) is 9.64. The molecule has 1 N–H and O–H groups in total. The fraction of sp³-hybridized carbons (Fsp3) is 0.571. The number of benzene rings is 1. The number of carbonyl (C=O) groups excluding carboxylic acids is 3. The maximum atomic E-state index is 12.7. The molecular weight excluding hydrogens is 412 g/mol. The van der Waals surface area contributed by atoms with Gasteiger partial charge in [-0.25, -0.2) is 9.59 Å². The Bertz CT molecular complexity index is 689.